The number of hydrogen-bond donors (Lipinski definition) is 1. The van der Waals surface area contributed by atoms with Crippen molar-refractivity contribution in [1.29, 1.82) is 0 Å². The molecule has 0 spiro atoms. The molecule has 0 saturated heterocycles. The lowest BCUT2D eigenvalue weighted by molar-refractivity contribution is -0.150. The number of esters is 1. The van der Waals surface area contributed by atoms with Gasteiger partial charge >= 0.3 is 19.5 Å². The number of aliphatic carboxylic acids is 1. The minimum absolute atomic E-state index is 0.147. The second-order valence-corrected chi connectivity index (χ2v) is 4.66. The highest BCUT2D eigenvalue weighted by Gasteiger charge is 2.26. The summed E-state index contributed by atoms with van der Waals surface area (Å²) in [5.74, 6) is -2.29. The van der Waals surface area contributed by atoms with Crippen molar-refractivity contribution in [1.82, 2.24) is 0 Å². The Morgan fingerprint density at radius 1 is 1.19 bits per heavy atom. The van der Waals surface area contributed by atoms with Crippen LogP contribution in [0.1, 0.15) is 20.3 Å². The molecular weight excluding hydrogens is 239 g/mol. The van der Waals surface area contributed by atoms with E-state index in [0.717, 1.165) is 0 Å². The molecule has 0 aliphatic rings. The van der Waals surface area contributed by atoms with Gasteiger partial charge in [-0.05, 0) is 13.8 Å². The predicted octanol–water partition coefficient (Wildman–Crippen LogP) is 1.23. The first-order valence-corrected chi connectivity index (χ1v) is 6.42. The van der Waals surface area contributed by atoms with Gasteiger partial charge in [0.25, 0.3) is 0 Å². The fourth-order valence-electron chi connectivity index (χ4n) is 0.831. The predicted molar refractivity (Wildman–Crippen MR) is 54.1 cm³/mol. The van der Waals surface area contributed by atoms with Gasteiger partial charge in [-0.2, -0.15) is 0 Å². The van der Waals surface area contributed by atoms with Crippen LogP contribution < -0.4 is 0 Å². The lowest BCUT2D eigenvalue weighted by atomic mass is 10.4. The summed E-state index contributed by atoms with van der Waals surface area (Å²) in [4.78, 5) is 21.0. The highest BCUT2D eigenvalue weighted by atomic mass is 31.2. The molecule has 1 N–H and O–H groups in total. The van der Waals surface area contributed by atoms with Gasteiger partial charge in [-0.15, -0.1) is 0 Å². The van der Waals surface area contributed by atoms with E-state index < -0.39 is 32.3 Å². The molecule has 0 saturated carbocycles. The fourth-order valence-corrected chi connectivity index (χ4v) is 2.14. The van der Waals surface area contributed by atoms with Crippen LogP contribution in [-0.4, -0.2) is 36.6 Å². The van der Waals surface area contributed by atoms with E-state index >= 15 is 0 Å². The summed E-state index contributed by atoms with van der Waals surface area (Å²) in [5.41, 5.74) is 0. The molecule has 94 valence electrons. The highest BCUT2D eigenvalue weighted by molar-refractivity contribution is 7.53. The summed E-state index contributed by atoms with van der Waals surface area (Å²) in [6, 6.07) is 0. The molecule has 16 heavy (non-hydrogen) atoms. The quantitative estimate of drug-likeness (QED) is 0.395. The van der Waals surface area contributed by atoms with Gasteiger partial charge in [0, 0.05) is 0 Å². The van der Waals surface area contributed by atoms with Crippen LogP contribution in [0.2, 0.25) is 0 Å². The number of ether oxygens (including phenoxy) is 1. The maximum Gasteiger partial charge on any atom is 0.367 e. The summed E-state index contributed by atoms with van der Waals surface area (Å²) in [6.45, 7) is 3.52. The van der Waals surface area contributed by atoms with E-state index in [2.05, 4.69) is 4.74 Å². The molecule has 0 heterocycles. The van der Waals surface area contributed by atoms with Gasteiger partial charge in [0.2, 0.25) is 0 Å². The Morgan fingerprint density at radius 2 is 1.69 bits per heavy atom. The molecule has 0 fully saturated rings. The zero-order valence-corrected chi connectivity index (χ0v) is 10.1. The fraction of sp³-hybridized carbons (Fsp3) is 0.750. The Hall–Kier alpha value is -0.910. The second-order valence-electron chi connectivity index (χ2n) is 2.66. The first-order valence-electron chi connectivity index (χ1n) is 4.69. The molecular formula is C8H15O7P. The van der Waals surface area contributed by atoms with Gasteiger partial charge in [-0.3, -0.25) is 14.2 Å². The molecule has 0 aliphatic heterocycles. The molecule has 0 radical (unpaired) electrons. The topological polar surface area (TPSA) is 99.1 Å². The standard InChI is InChI=1S/C8H15O7P/c1-3-14-16(12,15-4-2)6-13-8(11)5-7(9)10/h3-6H2,1-2H3,(H,9,10). The van der Waals surface area contributed by atoms with E-state index in [1.54, 1.807) is 13.8 Å². The minimum atomic E-state index is -3.45. The van der Waals surface area contributed by atoms with Crippen molar-refractivity contribution in [2.45, 2.75) is 20.3 Å². The molecule has 0 amide bonds. The van der Waals surface area contributed by atoms with Crippen LogP contribution >= 0.6 is 7.60 Å². The van der Waals surface area contributed by atoms with E-state index in [9.17, 15) is 14.2 Å². The molecule has 0 aromatic heterocycles. The van der Waals surface area contributed by atoms with Crippen LogP contribution in [0.4, 0.5) is 0 Å². The summed E-state index contributed by atoms with van der Waals surface area (Å²) in [5, 5.41) is 8.29. The Bertz CT molecular complexity index is 278. The van der Waals surface area contributed by atoms with Gasteiger partial charge in [0.05, 0.1) is 13.2 Å². The van der Waals surface area contributed by atoms with E-state index in [1.807, 2.05) is 0 Å². The van der Waals surface area contributed by atoms with Gasteiger partial charge in [0.1, 0.15) is 6.42 Å². The highest BCUT2D eigenvalue weighted by Crippen LogP contribution is 2.47. The number of rotatable bonds is 8. The largest absolute Gasteiger partial charge is 0.481 e. The monoisotopic (exact) mass is 254 g/mol. The Kier molecular flexibility index (Phi) is 6.96. The van der Waals surface area contributed by atoms with E-state index in [-0.39, 0.29) is 13.2 Å². The number of carbonyl (C=O) groups is 2. The molecule has 0 atom stereocenters. The summed E-state index contributed by atoms with van der Waals surface area (Å²) in [7, 11) is -3.45. The van der Waals surface area contributed by atoms with E-state index in [4.69, 9.17) is 14.2 Å². The normalized spacial score (nSPS) is 11.1. The molecule has 7 nitrogen and oxygen atoms in total. The summed E-state index contributed by atoms with van der Waals surface area (Å²) in [6.07, 6.45) is -1.35. The third-order valence-corrected chi connectivity index (χ3v) is 3.08. The Morgan fingerprint density at radius 3 is 2.06 bits per heavy atom. The van der Waals surface area contributed by atoms with Crippen molar-refractivity contribution < 1.29 is 33.0 Å². The number of carboxylic acid groups (broad SMARTS) is 1. The van der Waals surface area contributed by atoms with Crippen molar-refractivity contribution in [3.8, 4) is 0 Å². The molecule has 0 rings (SSSR count). The zero-order valence-electron chi connectivity index (χ0n) is 9.17. The third kappa shape index (κ3) is 6.55. The Balaban J connectivity index is 4.16. The summed E-state index contributed by atoms with van der Waals surface area (Å²) < 4.78 is 25.9. The van der Waals surface area contributed by atoms with Crippen LogP contribution in [0, 0.1) is 0 Å². The van der Waals surface area contributed by atoms with Gasteiger partial charge < -0.3 is 18.9 Å². The molecule has 0 aromatic carbocycles. The molecule has 0 bridgehead atoms. The number of carboxylic acids is 1. The average Bonchev–Trinajstić information content (AvgIpc) is 2.15. The van der Waals surface area contributed by atoms with Gasteiger partial charge in [-0.1, -0.05) is 0 Å². The third-order valence-electron chi connectivity index (χ3n) is 1.33. The van der Waals surface area contributed by atoms with Crippen molar-refractivity contribution in [2.24, 2.45) is 0 Å². The summed E-state index contributed by atoms with van der Waals surface area (Å²) >= 11 is 0. The van der Waals surface area contributed by atoms with Crippen molar-refractivity contribution in [3.05, 3.63) is 0 Å². The van der Waals surface area contributed by atoms with Crippen LogP contribution in [0.3, 0.4) is 0 Å². The average molecular weight is 254 g/mol. The Labute approximate surface area is 93.2 Å². The van der Waals surface area contributed by atoms with Crippen LogP contribution in [0.5, 0.6) is 0 Å². The molecule has 8 heteroatoms. The first-order chi connectivity index (χ1) is 7.43. The van der Waals surface area contributed by atoms with Crippen LogP contribution in [0.25, 0.3) is 0 Å². The SMILES string of the molecule is CCOP(=O)(COC(=O)CC(=O)O)OCC. The maximum absolute atomic E-state index is 11.7. The van der Waals surface area contributed by atoms with Crippen molar-refractivity contribution in [2.75, 3.05) is 19.6 Å². The van der Waals surface area contributed by atoms with Crippen LogP contribution in [0.15, 0.2) is 0 Å². The zero-order chi connectivity index (χ0) is 12.6. The lowest BCUT2D eigenvalue weighted by Gasteiger charge is -2.16. The smallest absolute Gasteiger partial charge is 0.367 e. The first kappa shape index (κ1) is 15.1. The molecule has 0 aliphatic carbocycles. The minimum Gasteiger partial charge on any atom is -0.481 e. The van der Waals surface area contributed by atoms with E-state index in [0.29, 0.717) is 0 Å². The second kappa shape index (κ2) is 7.38. The van der Waals surface area contributed by atoms with Crippen molar-refractivity contribution >= 4 is 19.5 Å². The van der Waals surface area contributed by atoms with Crippen molar-refractivity contribution in [3.63, 3.8) is 0 Å². The maximum atomic E-state index is 11.7. The van der Waals surface area contributed by atoms with E-state index in [1.165, 1.54) is 0 Å². The number of carbonyl (C=O) groups excluding carboxylic acids is 1. The van der Waals surface area contributed by atoms with Crippen LogP contribution in [-0.2, 0) is 27.9 Å². The number of hydrogen-bond acceptors (Lipinski definition) is 6. The molecule has 0 unspecified atom stereocenters. The van der Waals surface area contributed by atoms with Gasteiger partial charge in [0.15, 0.2) is 6.35 Å². The lowest BCUT2D eigenvalue weighted by Crippen LogP contribution is -2.13. The molecule has 0 aromatic rings. The van der Waals surface area contributed by atoms with Gasteiger partial charge in [-0.25, -0.2) is 0 Å².